The smallest absolute Gasteiger partial charge is 0.338 e. The predicted octanol–water partition coefficient (Wildman–Crippen LogP) is 3.63. The van der Waals surface area contributed by atoms with Crippen molar-refractivity contribution in [2.24, 2.45) is 0 Å². The van der Waals surface area contributed by atoms with Crippen molar-refractivity contribution < 1.29 is 19.2 Å². The van der Waals surface area contributed by atoms with Crippen LogP contribution in [0.5, 0.6) is 0 Å². The van der Waals surface area contributed by atoms with Gasteiger partial charge in [-0.05, 0) is 50.5 Å². The topological polar surface area (TPSA) is 116 Å². The number of aryl methyl sites for hydroxylation is 2. The van der Waals surface area contributed by atoms with Gasteiger partial charge in [0.1, 0.15) is 0 Å². The van der Waals surface area contributed by atoms with Crippen LogP contribution in [0, 0.1) is 17.0 Å². The highest BCUT2D eigenvalue weighted by Gasteiger charge is 2.18. The molecule has 0 aliphatic heterocycles. The molecule has 0 atom stereocenters. The first-order valence-corrected chi connectivity index (χ1v) is 10.2. The van der Waals surface area contributed by atoms with Crippen molar-refractivity contribution in [2.45, 2.75) is 26.7 Å². The van der Waals surface area contributed by atoms with Crippen molar-refractivity contribution >= 4 is 17.6 Å². The predicted molar refractivity (Wildman–Crippen MR) is 118 cm³/mol. The number of nitrogens with zero attached hydrogens (tertiary/aromatic N) is 3. The van der Waals surface area contributed by atoms with E-state index in [1.807, 2.05) is 48.1 Å². The molecule has 0 saturated heterocycles. The second-order valence-corrected chi connectivity index (χ2v) is 7.13. The summed E-state index contributed by atoms with van der Waals surface area (Å²) in [5.74, 6) is -1.20. The molecule has 9 nitrogen and oxygen atoms in total. The van der Waals surface area contributed by atoms with E-state index in [0.29, 0.717) is 19.4 Å². The molecule has 166 valence electrons. The molecule has 2 aromatic carbocycles. The van der Waals surface area contributed by atoms with Crippen molar-refractivity contribution in [1.82, 2.24) is 15.1 Å². The average molecular weight is 436 g/mol. The van der Waals surface area contributed by atoms with E-state index < -0.39 is 16.8 Å². The van der Waals surface area contributed by atoms with Gasteiger partial charge < -0.3 is 10.1 Å². The van der Waals surface area contributed by atoms with Crippen molar-refractivity contribution in [3.05, 3.63) is 87.2 Å². The molecule has 1 N–H and O–H groups in total. The summed E-state index contributed by atoms with van der Waals surface area (Å²) in [6, 6.07) is 13.3. The Kier molecular flexibility index (Phi) is 7.33. The Morgan fingerprint density at radius 3 is 2.56 bits per heavy atom. The fourth-order valence-electron chi connectivity index (χ4n) is 3.22. The molecule has 32 heavy (non-hydrogen) atoms. The van der Waals surface area contributed by atoms with Gasteiger partial charge in [0.25, 0.3) is 11.6 Å². The van der Waals surface area contributed by atoms with Gasteiger partial charge in [0.15, 0.2) is 0 Å². The Morgan fingerprint density at radius 2 is 1.88 bits per heavy atom. The van der Waals surface area contributed by atoms with E-state index >= 15 is 0 Å². The molecule has 1 heterocycles. The van der Waals surface area contributed by atoms with Crippen LogP contribution in [-0.4, -0.2) is 39.7 Å². The van der Waals surface area contributed by atoms with E-state index in [-0.39, 0.29) is 23.4 Å². The Hall–Kier alpha value is -4.01. The minimum Gasteiger partial charge on any atom is -0.462 e. The van der Waals surface area contributed by atoms with Gasteiger partial charge in [0.2, 0.25) is 0 Å². The Labute approximate surface area is 185 Å². The van der Waals surface area contributed by atoms with Crippen molar-refractivity contribution in [1.29, 1.82) is 0 Å². The molecule has 0 aliphatic rings. The summed E-state index contributed by atoms with van der Waals surface area (Å²) in [5.41, 5.74) is 2.62. The fourth-order valence-corrected chi connectivity index (χ4v) is 3.22. The lowest BCUT2D eigenvalue weighted by atomic mass is 10.1. The van der Waals surface area contributed by atoms with E-state index in [2.05, 4.69) is 10.4 Å². The highest BCUT2D eigenvalue weighted by atomic mass is 16.6. The third-order valence-corrected chi connectivity index (χ3v) is 4.83. The van der Waals surface area contributed by atoms with E-state index in [1.165, 1.54) is 6.07 Å². The number of carbonyl (C=O) groups is 2. The third-order valence-electron chi connectivity index (χ3n) is 4.83. The lowest BCUT2D eigenvalue weighted by Gasteiger charge is -2.07. The monoisotopic (exact) mass is 436 g/mol. The zero-order valence-corrected chi connectivity index (χ0v) is 17.9. The second kappa shape index (κ2) is 10.3. The molecule has 0 spiro atoms. The number of para-hydroxylation sites is 1. The van der Waals surface area contributed by atoms with Gasteiger partial charge in [0.05, 0.1) is 28.5 Å². The fraction of sp³-hybridized carbons (Fsp3) is 0.261. The quantitative estimate of drug-likeness (QED) is 0.237. The molecule has 0 aliphatic carbocycles. The van der Waals surface area contributed by atoms with Crippen LogP contribution in [0.15, 0.2) is 54.7 Å². The molecule has 0 radical (unpaired) electrons. The lowest BCUT2D eigenvalue weighted by molar-refractivity contribution is -0.384. The second-order valence-electron chi connectivity index (χ2n) is 7.13. The molecule has 3 rings (SSSR count). The van der Waals surface area contributed by atoms with E-state index in [4.69, 9.17) is 4.74 Å². The summed E-state index contributed by atoms with van der Waals surface area (Å²) < 4.78 is 6.71. The van der Waals surface area contributed by atoms with Gasteiger partial charge in [-0.3, -0.25) is 14.9 Å². The highest BCUT2D eigenvalue weighted by Crippen LogP contribution is 2.18. The molecule has 3 aromatic rings. The number of amides is 1. The number of hydrogen-bond donors (Lipinski definition) is 1. The van der Waals surface area contributed by atoms with Crippen LogP contribution in [-0.2, 0) is 11.2 Å². The highest BCUT2D eigenvalue weighted by molar-refractivity contribution is 5.99. The summed E-state index contributed by atoms with van der Waals surface area (Å²) in [6.45, 7) is 4.07. The number of carbonyl (C=O) groups excluding carboxylic acids is 2. The van der Waals surface area contributed by atoms with Crippen LogP contribution in [0.2, 0.25) is 0 Å². The molecule has 0 saturated carbocycles. The maximum atomic E-state index is 12.5. The van der Waals surface area contributed by atoms with Gasteiger partial charge >= 0.3 is 5.97 Å². The molecule has 9 heteroatoms. The normalized spacial score (nSPS) is 10.6. The zero-order valence-electron chi connectivity index (χ0n) is 17.9. The first-order chi connectivity index (χ1) is 15.4. The van der Waals surface area contributed by atoms with Gasteiger partial charge in [-0.2, -0.15) is 5.10 Å². The first-order valence-electron chi connectivity index (χ1n) is 10.2. The third kappa shape index (κ3) is 5.57. The van der Waals surface area contributed by atoms with Gasteiger partial charge in [-0.15, -0.1) is 0 Å². The SMILES string of the molecule is CCOC(=O)c1cc(C(=O)NCCCc2cn(-c3ccccc3)nc2C)cc([N+](=O)[O-])c1. The summed E-state index contributed by atoms with van der Waals surface area (Å²) in [7, 11) is 0. The number of rotatable bonds is 9. The number of ether oxygens (including phenoxy) is 1. The number of nitro benzene ring substituents is 1. The van der Waals surface area contributed by atoms with Crippen molar-refractivity contribution in [2.75, 3.05) is 13.2 Å². The van der Waals surface area contributed by atoms with Crippen molar-refractivity contribution in [3.63, 3.8) is 0 Å². The summed E-state index contributed by atoms with van der Waals surface area (Å²) in [4.78, 5) is 35.0. The maximum Gasteiger partial charge on any atom is 0.338 e. The van der Waals surface area contributed by atoms with Crippen LogP contribution in [0.25, 0.3) is 5.69 Å². The molecule has 1 aromatic heterocycles. The van der Waals surface area contributed by atoms with Gasteiger partial charge in [0, 0.05) is 30.4 Å². The number of hydrogen-bond acceptors (Lipinski definition) is 6. The standard InChI is InChI=1S/C23H24N4O5/c1-3-32-23(29)19-12-18(13-21(14-19)27(30)31)22(28)24-11-7-8-17-15-26(25-16(17)2)20-9-5-4-6-10-20/h4-6,9-10,12-15H,3,7-8,11H2,1-2H3,(H,24,28). The number of esters is 1. The van der Waals surface area contributed by atoms with Gasteiger partial charge in [-0.1, -0.05) is 18.2 Å². The molecular weight excluding hydrogens is 412 g/mol. The lowest BCUT2D eigenvalue weighted by Crippen LogP contribution is -2.25. The minimum absolute atomic E-state index is 0.0323. The van der Waals surface area contributed by atoms with Crippen LogP contribution < -0.4 is 5.32 Å². The number of nitro groups is 1. The van der Waals surface area contributed by atoms with E-state index in [1.54, 1.807) is 6.92 Å². The maximum absolute atomic E-state index is 12.5. The summed E-state index contributed by atoms with van der Waals surface area (Å²) in [6.07, 6.45) is 3.34. The molecule has 0 bridgehead atoms. The number of non-ortho nitro benzene ring substituents is 1. The summed E-state index contributed by atoms with van der Waals surface area (Å²) >= 11 is 0. The van der Waals surface area contributed by atoms with Crippen molar-refractivity contribution in [3.8, 4) is 5.69 Å². The average Bonchev–Trinajstić information content (AvgIpc) is 3.17. The van der Waals surface area contributed by atoms with Gasteiger partial charge in [-0.25, -0.2) is 9.48 Å². The Balaban J connectivity index is 1.61. The zero-order chi connectivity index (χ0) is 23.1. The molecule has 1 amide bonds. The first kappa shape index (κ1) is 22.7. The largest absolute Gasteiger partial charge is 0.462 e. The van der Waals surface area contributed by atoms with E-state index in [0.717, 1.165) is 29.1 Å². The molecular formula is C23H24N4O5. The minimum atomic E-state index is -0.712. The summed E-state index contributed by atoms with van der Waals surface area (Å²) in [5, 5.41) is 18.5. The molecule has 0 fully saturated rings. The van der Waals surface area contributed by atoms with E-state index in [9.17, 15) is 19.7 Å². The van der Waals surface area contributed by atoms with Crippen LogP contribution in [0.4, 0.5) is 5.69 Å². The number of aromatic nitrogens is 2. The Morgan fingerprint density at radius 1 is 1.16 bits per heavy atom. The number of benzene rings is 2. The Bertz CT molecular complexity index is 1120. The number of nitrogens with one attached hydrogen (secondary N) is 1. The van der Waals surface area contributed by atoms with Crippen LogP contribution in [0.1, 0.15) is 45.3 Å². The molecule has 0 unspecified atom stereocenters. The van der Waals surface area contributed by atoms with Crippen LogP contribution in [0.3, 0.4) is 0 Å². The van der Waals surface area contributed by atoms with Crippen LogP contribution >= 0.6 is 0 Å².